The molecule has 0 atom stereocenters. The predicted octanol–water partition coefficient (Wildman–Crippen LogP) is 3.01. The molecule has 0 aliphatic carbocycles. The third kappa shape index (κ3) is 3.97. The van der Waals surface area contributed by atoms with Crippen molar-refractivity contribution < 1.29 is 17.6 Å². The number of carbonyl (C=O) groups excluding carboxylic acids is 1. The summed E-state index contributed by atoms with van der Waals surface area (Å²) < 4.78 is 41.9. The number of sulfonamides is 1. The summed E-state index contributed by atoms with van der Waals surface area (Å²) in [6, 6.07) is 13.0. The van der Waals surface area contributed by atoms with E-state index in [1.165, 1.54) is 27.4 Å². The molecule has 1 aliphatic rings. The summed E-state index contributed by atoms with van der Waals surface area (Å²) in [5.74, 6) is -0.460. The van der Waals surface area contributed by atoms with Crippen LogP contribution < -0.4 is 0 Å². The van der Waals surface area contributed by atoms with Crippen LogP contribution in [-0.2, 0) is 21.4 Å². The molecule has 2 aromatic carbocycles. The number of carbonyl (C=O) groups is 1. The molecule has 3 aromatic rings. The van der Waals surface area contributed by atoms with E-state index in [4.69, 9.17) is 0 Å². The minimum Gasteiger partial charge on any atom is -0.347 e. The van der Waals surface area contributed by atoms with Crippen molar-refractivity contribution in [2.45, 2.75) is 24.8 Å². The fraction of sp³-hybridized carbons (Fsp3) is 0.318. The smallest absolute Gasteiger partial charge is 0.243 e. The zero-order valence-corrected chi connectivity index (χ0v) is 17.6. The largest absolute Gasteiger partial charge is 0.347 e. The molecule has 0 unspecified atom stereocenters. The highest BCUT2D eigenvalue weighted by atomic mass is 32.2. The van der Waals surface area contributed by atoms with Crippen LogP contribution in [0.15, 0.2) is 59.6 Å². The van der Waals surface area contributed by atoms with Gasteiger partial charge in [-0.05, 0) is 48.9 Å². The lowest BCUT2D eigenvalue weighted by Crippen LogP contribution is -2.50. The van der Waals surface area contributed by atoms with Crippen LogP contribution in [0.3, 0.4) is 0 Å². The summed E-state index contributed by atoms with van der Waals surface area (Å²) in [6.07, 6.45) is 2.36. The number of aromatic nitrogens is 1. The van der Waals surface area contributed by atoms with Crippen LogP contribution in [0.4, 0.5) is 4.39 Å². The number of benzene rings is 2. The molecule has 1 fully saturated rings. The molecule has 1 aromatic heterocycles. The normalized spacial score (nSPS) is 15.6. The van der Waals surface area contributed by atoms with E-state index in [1.54, 1.807) is 4.90 Å². The first-order chi connectivity index (χ1) is 14.4. The maximum absolute atomic E-state index is 13.1. The lowest BCUT2D eigenvalue weighted by Gasteiger charge is -2.34. The fourth-order valence-electron chi connectivity index (χ4n) is 3.88. The number of nitrogens with zero attached hydrogens (tertiary/aromatic N) is 3. The topological polar surface area (TPSA) is 62.6 Å². The van der Waals surface area contributed by atoms with Gasteiger partial charge in [0.15, 0.2) is 0 Å². The number of fused-ring (bicyclic) bond motifs is 1. The Kier molecular flexibility index (Phi) is 5.62. The monoisotopic (exact) mass is 429 g/mol. The Morgan fingerprint density at radius 2 is 1.70 bits per heavy atom. The second kappa shape index (κ2) is 8.20. The number of hydrogen-bond acceptors (Lipinski definition) is 3. The van der Waals surface area contributed by atoms with Crippen LogP contribution in [-0.4, -0.2) is 54.3 Å². The molecule has 0 radical (unpaired) electrons. The minimum atomic E-state index is -3.68. The van der Waals surface area contributed by atoms with Crippen LogP contribution in [0.25, 0.3) is 10.9 Å². The molecule has 8 heteroatoms. The van der Waals surface area contributed by atoms with Gasteiger partial charge in [-0.1, -0.05) is 12.1 Å². The second-order valence-corrected chi connectivity index (χ2v) is 9.44. The Morgan fingerprint density at radius 1 is 1.00 bits per heavy atom. The molecule has 1 saturated heterocycles. The Bertz CT molecular complexity index is 1160. The highest BCUT2D eigenvalue weighted by Gasteiger charge is 2.30. The molecular weight excluding hydrogens is 405 g/mol. The van der Waals surface area contributed by atoms with Crippen molar-refractivity contribution in [2.75, 3.05) is 26.2 Å². The lowest BCUT2D eigenvalue weighted by atomic mass is 10.1. The van der Waals surface area contributed by atoms with Crippen LogP contribution in [0, 0.1) is 12.7 Å². The summed E-state index contributed by atoms with van der Waals surface area (Å²) in [6.45, 7) is 3.82. The summed E-state index contributed by atoms with van der Waals surface area (Å²) in [5.41, 5.74) is 2.31. The van der Waals surface area contributed by atoms with E-state index in [-0.39, 0.29) is 23.9 Å². The van der Waals surface area contributed by atoms with Gasteiger partial charge in [0.2, 0.25) is 15.9 Å². The Balaban J connectivity index is 1.35. The third-order valence-corrected chi connectivity index (χ3v) is 7.55. The van der Waals surface area contributed by atoms with E-state index in [0.29, 0.717) is 26.1 Å². The van der Waals surface area contributed by atoms with Crippen LogP contribution in [0.5, 0.6) is 0 Å². The molecule has 1 aliphatic heterocycles. The molecule has 6 nitrogen and oxygen atoms in total. The van der Waals surface area contributed by atoms with E-state index in [1.807, 2.05) is 18.3 Å². The van der Waals surface area contributed by atoms with Crippen LogP contribution in [0.1, 0.15) is 12.0 Å². The van der Waals surface area contributed by atoms with Crippen molar-refractivity contribution in [1.29, 1.82) is 0 Å². The average molecular weight is 430 g/mol. The van der Waals surface area contributed by atoms with Crippen molar-refractivity contribution in [3.63, 3.8) is 0 Å². The van der Waals surface area contributed by atoms with Gasteiger partial charge in [-0.25, -0.2) is 12.8 Å². The van der Waals surface area contributed by atoms with Crippen molar-refractivity contribution in [2.24, 2.45) is 0 Å². The number of amides is 1. The van der Waals surface area contributed by atoms with Gasteiger partial charge in [0.05, 0.1) is 4.90 Å². The quantitative estimate of drug-likeness (QED) is 0.626. The summed E-state index contributed by atoms with van der Waals surface area (Å²) in [4.78, 5) is 14.4. The van der Waals surface area contributed by atoms with Crippen LogP contribution >= 0.6 is 0 Å². The van der Waals surface area contributed by atoms with E-state index < -0.39 is 15.8 Å². The Hall–Kier alpha value is -2.71. The molecule has 2 heterocycles. The summed E-state index contributed by atoms with van der Waals surface area (Å²) >= 11 is 0. The zero-order valence-electron chi connectivity index (χ0n) is 16.8. The molecule has 30 heavy (non-hydrogen) atoms. The van der Waals surface area contributed by atoms with Gasteiger partial charge in [0.1, 0.15) is 5.82 Å². The predicted molar refractivity (Wildman–Crippen MR) is 113 cm³/mol. The van der Waals surface area contributed by atoms with E-state index in [9.17, 15) is 17.6 Å². The van der Waals surface area contributed by atoms with Crippen molar-refractivity contribution >= 4 is 26.8 Å². The van der Waals surface area contributed by atoms with Gasteiger partial charge in [0, 0.05) is 56.2 Å². The SMILES string of the molecule is Cc1cccc2c1ccn2CCC(=O)N1CCN(S(=O)(=O)c2ccc(F)cc2)CC1. The third-order valence-electron chi connectivity index (χ3n) is 5.64. The van der Waals surface area contributed by atoms with Crippen molar-refractivity contribution in [3.05, 3.63) is 66.1 Å². The summed E-state index contributed by atoms with van der Waals surface area (Å²) in [7, 11) is -3.68. The van der Waals surface area contributed by atoms with Gasteiger partial charge < -0.3 is 9.47 Å². The van der Waals surface area contributed by atoms with Crippen molar-refractivity contribution in [1.82, 2.24) is 13.8 Å². The minimum absolute atomic E-state index is 0.0170. The second-order valence-electron chi connectivity index (χ2n) is 7.51. The standard InChI is InChI=1S/C22H24FN3O3S/c1-17-3-2-4-21-20(17)9-11-24(21)12-10-22(27)25-13-15-26(16-14-25)30(28,29)19-7-5-18(23)6-8-19/h2-9,11H,10,12-16H2,1H3. The van der Waals surface area contributed by atoms with Gasteiger partial charge >= 0.3 is 0 Å². The molecule has 0 bridgehead atoms. The van der Waals surface area contributed by atoms with E-state index in [0.717, 1.165) is 17.6 Å². The molecule has 0 spiro atoms. The summed E-state index contributed by atoms with van der Waals surface area (Å²) in [5, 5.41) is 1.18. The molecule has 4 rings (SSSR count). The molecule has 158 valence electrons. The zero-order chi connectivity index (χ0) is 21.3. The maximum atomic E-state index is 13.1. The van der Waals surface area contributed by atoms with Crippen LogP contribution in [0.2, 0.25) is 0 Å². The van der Waals surface area contributed by atoms with E-state index in [2.05, 4.69) is 23.6 Å². The molecular formula is C22H24FN3O3S. The molecule has 1 amide bonds. The average Bonchev–Trinajstić information content (AvgIpc) is 3.17. The first kappa shape index (κ1) is 20.6. The van der Waals surface area contributed by atoms with Gasteiger partial charge in [0.25, 0.3) is 0 Å². The first-order valence-electron chi connectivity index (χ1n) is 9.94. The van der Waals surface area contributed by atoms with Crippen molar-refractivity contribution in [3.8, 4) is 0 Å². The number of hydrogen-bond donors (Lipinski definition) is 0. The Morgan fingerprint density at radius 3 is 2.40 bits per heavy atom. The highest BCUT2D eigenvalue weighted by molar-refractivity contribution is 7.89. The maximum Gasteiger partial charge on any atom is 0.243 e. The van der Waals surface area contributed by atoms with Gasteiger partial charge in [-0.2, -0.15) is 4.31 Å². The first-order valence-corrected chi connectivity index (χ1v) is 11.4. The molecule has 0 N–H and O–H groups in total. The number of halogens is 1. The van der Waals surface area contributed by atoms with E-state index >= 15 is 0 Å². The van der Waals surface area contributed by atoms with Gasteiger partial charge in [-0.3, -0.25) is 4.79 Å². The van der Waals surface area contributed by atoms with Gasteiger partial charge in [-0.15, -0.1) is 0 Å². The molecule has 0 saturated carbocycles. The fourth-order valence-corrected chi connectivity index (χ4v) is 5.30. The Labute approximate surface area is 175 Å². The number of piperazine rings is 1. The lowest BCUT2D eigenvalue weighted by molar-refractivity contribution is -0.132. The number of aryl methyl sites for hydroxylation is 2. The highest BCUT2D eigenvalue weighted by Crippen LogP contribution is 2.21. The number of rotatable bonds is 5.